The average molecular weight is 256 g/mol. The summed E-state index contributed by atoms with van der Waals surface area (Å²) in [5.74, 6) is 0.678. The Morgan fingerprint density at radius 3 is 2.26 bits per heavy atom. The van der Waals surface area contributed by atoms with Crippen molar-refractivity contribution in [3.63, 3.8) is 0 Å². The molecular weight excluding hydrogens is 240 g/mol. The number of aryl methyl sites for hydroxylation is 2. The van der Waals surface area contributed by atoms with Crippen LogP contribution in [-0.2, 0) is 0 Å². The smallest absolute Gasteiger partial charge is 0.250 e. The SMILES string of the molecule is Cc1ccc(Oc2ccc(N)c(C(N)=O)c2)cc1C. The number of anilines is 1. The van der Waals surface area contributed by atoms with Gasteiger partial charge in [-0.15, -0.1) is 0 Å². The van der Waals surface area contributed by atoms with Gasteiger partial charge in [-0.1, -0.05) is 6.07 Å². The summed E-state index contributed by atoms with van der Waals surface area (Å²) in [6.45, 7) is 4.05. The van der Waals surface area contributed by atoms with Crippen LogP contribution in [0.1, 0.15) is 21.5 Å². The van der Waals surface area contributed by atoms with Crippen molar-refractivity contribution >= 4 is 11.6 Å². The Bertz CT molecular complexity index is 636. The Hall–Kier alpha value is -2.49. The maximum absolute atomic E-state index is 11.2. The summed E-state index contributed by atoms with van der Waals surface area (Å²) in [4.78, 5) is 11.2. The van der Waals surface area contributed by atoms with Crippen molar-refractivity contribution in [2.75, 3.05) is 5.73 Å². The summed E-state index contributed by atoms with van der Waals surface area (Å²) in [6.07, 6.45) is 0. The summed E-state index contributed by atoms with van der Waals surface area (Å²) in [5, 5.41) is 0. The van der Waals surface area contributed by atoms with Crippen molar-refractivity contribution in [1.82, 2.24) is 0 Å². The van der Waals surface area contributed by atoms with Crippen LogP contribution in [0.25, 0.3) is 0 Å². The third-order valence-corrected chi connectivity index (χ3v) is 3.00. The molecule has 1 amide bonds. The van der Waals surface area contributed by atoms with Gasteiger partial charge in [0.2, 0.25) is 0 Å². The van der Waals surface area contributed by atoms with Gasteiger partial charge < -0.3 is 16.2 Å². The fourth-order valence-corrected chi connectivity index (χ4v) is 1.73. The van der Waals surface area contributed by atoms with E-state index in [-0.39, 0.29) is 5.56 Å². The molecule has 0 aliphatic carbocycles. The molecule has 0 saturated heterocycles. The van der Waals surface area contributed by atoms with E-state index in [1.54, 1.807) is 18.2 Å². The number of amides is 1. The summed E-state index contributed by atoms with van der Waals surface area (Å²) in [7, 11) is 0. The monoisotopic (exact) mass is 256 g/mol. The minimum absolute atomic E-state index is 0.265. The van der Waals surface area contributed by atoms with E-state index < -0.39 is 5.91 Å². The highest BCUT2D eigenvalue weighted by Gasteiger charge is 2.08. The number of hydrogen-bond donors (Lipinski definition) is 2. The normalized spacial score (nSPS) is 10.2. The van der Waals surface area contributed by atoms with E-state index in [4.69, 9.17) is 16.2 Å². The largest absolute Gasteiger partial charge is 0.457 e. The lowest BCUT2D eigenvalue weighted by Crippen LogP contribution is -2.13. The first-order valence-electron chi connectivity index (χ1n) is 5.92. The van der Waals surface area contributed by atoms with Crippen LogP contribution in [-0.4, -0.2) is 5.91 Å². The second-order valence-electron chi connectivity index (χ2n) is 4.46. The average Bonchev–Trinajstić information content (AvgIpc) is 2.36. The minimum atomic E-state index is -0.567. The Labute approximate surface area is 112 Å². The molecule has 0 unspecified atom stereocenters. The molecule has 19 heavy (non-hydrogen) atoms. The van der Waals surface area contributed by atoms with Crippen molar-refractivity contribution < 1.29 is 9.53 Å². The number of nitrogens with two attached hydrogens (primary N) is 2. The predicted molar refractivity (Wildman–Crippen MR) is 75.4 cm³/mol. The van der Waals surface area contributed by atoms with Crippen LogP contribution >= 0.6 is 0 Å². The van der Waals surface area contributed by atoms with Crippen LogP contribution < -0.4 is 16.2 Å². The molecule has 0 saturated carbocycles. The number of primary amides is 1. The highest BCUT2D eigenvalue weighted by molar-refractivity contribution is 5.98. The van der Waals surface area contributed by atoms with E-state index in [0.29, 0.717) is 17.2 Å². The molecule has 0 aromatic heterocycles. The number of nitrogen functional groups attached to an aromatic ring is 1. The zero-order valence-electron chi connectivity index (χ0n) is 10.9. The van der Waals surface area contributed by atoms with Gasteiger partial charge in [-0.2, -0.15) is 0 Å². The Balaban J connectivity index is 2.30. The van der Waals surface area contributed by atoms with Gasteiger partial charge >= 0.3 is 0 Å². The first-order chi connectivity index (χ1) is 8.97. The van der Waals surface area contributed by atoms with Crippen LogP contribution in [0.15, 0.2) is 36.4 Å². The van der Waals surface area contributed by atoms with E-state index in [9.17, 15) is 4.79 Å². The molecule has 0 aliphatic heterocycles. The van der Waals surface area contributed by atoms with Crippen molar-refractivity contribution in [2.45, 2.75) is 13.8 Å². The predicted octanol–water partition coefficient (Wildman–Crippen LogP) is 2.78. The molecule has 0 fully saturated rings. The molecule has 0 heterocycles. The molecule has 4 heteroatoms. The van der Waals surface area contributed by atoms with Crippen LogP contribution in [0.2, 0.25) is 0 Å². The molecule has 2 aromatic carbocycles. The number of ether oxygens (including phenoxy) is 1. The summed E-state index contributed by atoms with van der Waals surface area (Å²) < 4.78 is 5.70. The molecule has 2 aromatic rings. The number of hydrogen-bond acceptors (Lipinski definition) is 3. The molecule has 0 atom stereocenters. The highest BCUT2D eigenvalue weighted by atomic mass is 16.5. The standard InChI is InChI=1S/C15H16N2O2/c1-9-3-4-11(7-10(9)2)19-12-5-6-14(16)13(8-12)15(17)18/h3-8H,16H2,1-2H3,(H2,17,18). The maximum atomic E-state index is 11.2. The Kier molecular flexibility index (Phi) is 3.42. The van der Waals surface area contributed by atoms with Gasteiger partial charge in [0.15, 0.2) is 0 Å². The molecule has 0 bridgehead atoms. The molecule has 2 rings (SSSR count). The number of benzene rings is 2. The second-order valence-corrected chi connectivity index (χ2v) is 4.46. The van der Waals surface area contributed by atoms with Gasteiger partial charge in [-0.05, 0) is 55.3 Å². The molecule has 98 valence electrons. The third kappa shape index (κ3) is 2.85. The summed E-state index contributed by atoms with van der Waals surface area (Å²) in [6, 6.07) is 10.7. The molecular formula is C15H16N2O2. The van der Waals surface area contributed by atoms with Gasteiger partial charge in [-0.25, -0.2) is 0 Å². The Morgan fingerprint density at radius 2 is 1.63 bits per heavy atom. The maximum Gasteiger partial charge on any atom is 0.250 e. The summed E-state index contributed by atoms with van der Waals surface area (Å²) in [5.41, 5.74) is 13.9. The van der Waals surface area contributed by atoms with Crippen LogP contribution in [0.3, 0.4) is 0 Å². The van der Waals surface area contributed by atoms with Crippen molar-refractivity contribution in [3.8, 4) is 11.5 Å². The van der Waals surface area contributed by atoms with Crippen LogP contribution in [0.5, 0.6) is 11.5 Å². The Morgan fingerprint density at radius 1 is 1.00 bits per heavy atom. The zero-order chi connectivity index (χ0) is 14.0. The first-order valence-corrected chi connectivity index (χ1v) is 5.92. The minimum Gasteiger partial charge on any atom is -0.457 e. The molecule has 0 radical (unpaired) electrons. The number of carbonyl (C=O) groups is 1. The quantitative estimate of drug-likeness (QED) is 0.829. The topological polar surface area (TPSA) is 78.3 Å². The van der Waals surface area contributed by atoms with Crippen LogP contribution in [0, 0.1) is 13.8 Å². The molecule has 4 nitrogen and oxygen atoms in total. The highest BCUT2D eigenvalue weighted by Crippen LogP contribution is 2.26. The zero-order valence-corrected chi connectivity index (χ0v) is 10.9. The van der Waals surface area contributed by atoms with Gasteiger partial charge in [-0.3, -0.25) is 4.79 Å². The molecule has 0 spiro atoms. The third-order valence-electron chi connectivity index (χ3n) is 3.00. The van der Waals surface area contributed by atoms with E-state index >= 15 is 0 Å². The van der Waals surface area contributed by atoms with E-state index in [2.05, 4.69) is 0 Å². The van der Waals surface area contributed by atoms with E-state index in [1.165, 1.54) is 5.56 Å². The van der Waals surface area contributed by atoms with Crippen molar-refractivity contribution in [3.05, 3.63) is 53.1 Å². The lowest BCUT2D eigenvalue weighted by molar-refractivity contribution is 0.100. The van der Waals surface area contributed by atoms with Gasteiger partial charge in [0, 0.05) is 5.69 Å². The fourth-order valence-electron chi connectivity index (χ4n) is 1.73. The van der Waals surface area contributed by atoms with Crippen LogP contribution in [0.4, 0.5) is 5.69 Å². The first kappa shape index (κ1) is 13.0. The van der Waals surface area contributed by atoms with Gasteiger partial charge in [0.25, 0.3) is 5.91 Å². The summed E-state index contributed by atoms with van der Waals surface area (Å²) >= 11 is 0. The van der Waals surface area contributed by atoms with E-state index in [1.807, 2.05) is 32.0 Å². The van der Waals surface area contributed by atoms with E-state index in [0.717, 1.165) is 5.56 Å². The van der Waals surface area contributed by atoms with Crippen molar-refractivity contribution in [2.24, 2.45) is 5.73 Å². The number of carbonyl (C=O) groups excluding carboxylic acids is 1. The number of rotatable bonds is 3. The molecule has 4 N–H and O–H groups in total. The molecule has 0 aliphatic rings. The fraction of sp³-hybridized carbons (Fsp3) is 0.133. The lowest BCUT2D eigenvalue weighted by atomic mass is 10.1. The van der Waals surface area contributed by atoms with Crippen molar-refractivity contribution in [1.29, 1.82) is 0 Å². The van der Waals surface area contributed by atoms with Gasteiger partial charge in [0.1, 0.15) is 11.5 Å². The lowest BCUT2D eigenvalue weighted by Gasteiger charge is -2.09. The second kappa shape index (κ2) is 5.02. The van der Waals surface area contributed by atoms with Gasteiger partial charge in [0.05, 0.1) is 5.56 Å².